The molecule has 3 rings (SSSR count). The largest absolute Gasteiger partial charge is 0.329 e. The lowest BCUT2D eigenvalue weighted by Gasteiger charge is -2.46. The van der Waals surface area contributed by atoms with Gasteiger partial charge in [-0.05, 0) is 50.1 Å². The van der Waals surface area contributed by atoms with Gasteiger partial charge in [0, 0.05) is 42.8 Å². The second-order valence-corrected chi connectivity index (χ2v) is 6.73. The molecule has 2 aliphatic heterocycles. The quantitative estimate of drug-likeness (QED) is 0.931. The summed E-state index contributed by atoms with van der Waals surface area (Å²) < 4.78 is 13.7. The van der Waals surface area contributed by atoms with Crippen LogP contribution in [0.3, 0.4) is 0 Å². The van der Waals surface area contributed by atoms with Crippen molar-refractivity contribution in [2.45, 2.75) is 37.9 Å². The highest BCUT2D eigenvalue weighted by molar-refractivity contribution is 6.30. The first kappa shape index (κ1) is 15.2. The average Bonchev–Trinajstić information content (AvgIpc) is 2.85. The Kier molecular flexibility index (Phi) is 4.50. The first-order valence-electron chi connectivity index (χ1n) is 7.74. The normalized spacial score (nSPS) is 28.6. The van der Waals surface area contributed by atoms with Gasteiger partial charge in [0.1, 0.15) is 5.82 Å². The number of benzene rings is 1. The van der Waals surface area contributed by atoms with Crippen LogP contribution in [0.25, 0.3) is 0 Å². The lowest BCUT2D eigenvalue weighted by atomic mass is 9.99. The third kappa shape index (κ3) is 3.09. The topological polar surface area (TPSA) is 32.5 Å². The Bertz CT molecular complexity index is 490. The van der Waals surface area contributed by atoms with E-state index < -0.39 is 0 Å². The van der Waals surface area contributed by atoms with Crippen LogP contribution in [-0.2, 0) is 0 Å². The number of rotatable bonds is 3. The van der Waals surface area contributed by atoms with Gasteiger partial charge in [-0.15, -0.1) is 0 Å². The fraction of sp³-hybridized carbons (Fsp3) is 0.625. The minimum atomic E-state index is -0.289. The van der Waals surface area contributed by atoms with E-state index in [2.05, 4.69) is 16.7 Å². The minimum Gasteiger partial charge on any atom is -0.329 e. The van der Waals surface area contributed by atoms with Crippen LogP contribution < -0.4 is 5.73 Å². The maximum absolute atomic E-state index is 13.7. The van der Waals surface area contributed by atoms with E-state index in [0.29, 0.717) is 23.7 Å². The Morgan fingerprint density at radius 1 is 1.38 bits per heavy atom. The summed E-state index contributed by atoms with van der Waals surface area (Å²) in [6.45, 7) is 6.01. The molecule has 3 unspecified atom stereocenters. The maximum Gasteiger partial charge on any atom is 0.125 e. The molecule has 0 bridgehead atoms. The fourth-order valence-electron chi connectivity index (χ4n) is 3.87. The van der Waals surface area contributed by atoms with Crippen molar-refractivity contribution in [3.05, 3.63) is 34.6 Å². The number of hydrogen-bond donors (Lipinski definition) is 1. The molecule has 5 heteroatoms. The Morgan fingerprint density at radius 3 is 2.90 bits per heavy atom. The molecule has 0 radical (unpaired) electrons. The molecule has 2 N–H and O–H groups in total. The molecular weight excluding hydrogens is 289 g/mol. The zero-order valence-electron chi connectivity index (χ0n) is 12.4. The Labute approximate surface area is 130 Å². The maximum atomic E-state index is 13.7. The van der Waals surface area contributed by atoms with Gasteiger partial charge in [-0.25, -0.2) is 4.39 Å². The molecular formula is C16H23ClFN3. The lowest BCUT2D eigenvalue weighted by molar-refractivity contribution is 0.0295. The van der Waals surface area contributed by atoms with E-state index in [0.717, 1.165) is 18.7 Å². The Hall–Kier alpha value is -0.680. The smallest absolute Gasteiger partial charge is 0.125 e. The molecule has 2 saturated heterocycles. The standard InChI is InChI=1S/C16H23ClFN3/c1-11-9-20-4-2-3-15(20)10-21(11)16(8-19)12-5-13(17)7-14(18)6-12/h5-7,11,15-16H,2-4,8-10,19H2,1H3. The summed E-state index contributed by atoms with van der Waals surface area (Å²) in [7, 11) is 0. The summed E-state index contributed by atoms with van der Waals surface area (Å²) >= 11 is 6.01. The second kappa shape index (κ2) is 6.21. The summed E-state index contributed by atoms with van der Waals surface area (Å²) in [5.41, 5.74) is 6.90. The van der Waals surface area contributed by atoms with Gasteiger partial charge in [0.05, 0.1) is 0 Å². The van der Waals surface area contributed by atoms with Crippen LogP contribution >= 0.6 is 11.6 Å². The van der Waals surface area contributed by atoms with Crippen molar-refractivity contribution in [1.82, 2.24) is 9.80 Å². The molecule has 2 heterocycles. The van der Waals surface area contributed by atoms with Gasteiger partial charge in [0.25, 0.3) is 0 Å². The van der Waals surface area contributed by atoms with Crippen LogP contribution in [0.1, 0.15) is 31.4 Å². The van der Waals surface area contributed by atoms with Crippen molar-refractivity contribution in [2.24, 2.45) is 5.73 Å². The van der Waals surface area contributed by atoms with Crippen molar-refractivity contribution >= 4 is 11.6 Å². The van der Waals surface area contributed by atoms with Crippen molar-refractivity contribution in [2.75, 3.05) is 26.2 Å². The number of halogens is 2. The third-order valence-corrected chi connectivity index (χ3v) is 5.10. The van der Waals surface area contributed by atoms with Gasteiger partial charge in [-0.2, -0.15) is 0 Å². The molecule has 1 aromatic rings. The van der Waals surface area contributed by atoms with E-state index in [-0.39, 0.29) is 11.9 Å². The van der Waals surface area contributed by atoms with Gasteiger partial charge in [-0.1, -0.05) is 11.6 Å². The number of piperazine rings is 1. The zero-order chi connectivity index (χ0) is 15.0. The van der Waals surface area contributed by atoms with Gasteiger partial charge in [-0.3, -0.25) is 9.80 Å². The molecule has 2 fully saturated rings. The predicted octanol–water partition coefficient (Wildman–Crippen LogP) is 2.65. The van der Waals surface area contributed by atoms with Crippen molar-refractivity contribution in [1.29, 1.82) is 0 Å². The first-order chi connectivity index (χ1) is 10.1. The molecule has 21 heavy (non-hydrogen) atoms. The number of hydrogen-bond acceptors (Lipinski definition) is 3. The van der Waals surface area contributed by atoms with E-state index in [1.54, 1.807) is 6.07 Å². The molecule has 0 amide bonds. The van der Waals surface area contributed by atoms with Gasteiger partial charge >= 0.3 is 0 Å². The molecule has 2 aliphatic rings. The monoisotopic (exact) mass is 311 g/mol. The van der Waals surface area contributed by atoms with Gasteiger partial charge in [0.15, 0.2) is 0 Å². The van der Waals surface area contributed by atoms with Crippen molar-refractivity contribution in [3.63, 3.8) is 0 Å². The summed E-state index contributed by atoms with van der Waals surface area (Å²) in [5, 5.41) is 0.440. The van der Waals surface area contributed by atoms with Crippen molar-refractivity contribution < 1.29 is 4.39 Å². The molecule has 3 atom stereocenters. The van der Waals surface area contributed by atoms with Crippen molar-refractivity contribution in [3.8, 4) is 0 Å². The van der Waals surface area contributed by atoms with E-state index in [1.807, 2.05) is 6.07 Å². The summed E-state index contributed by atoms with van der Waals surface area (Å²) in [4.78, 5) is 5.00. The van der Waals surface area contributed by atoms with E-state index in [9.17, 15) is 4.39 Å². The molecule has 0 spiro atoms. The highest BCUT2D eigenvalue weighted by atomic mass is 35.5. The van der Waals surface area contributed by atoms with Crippen LogP contribution in [-0.4, -0.2) is 48.1 Å². The summed E-state index contributed by atoms with van der Waals surface area (Å²) in [5.74, 6) is -0.289. The van der Waals surface area contributed by atoms with Crippen LogP contribution in [0.5, 0.6) is 0 Å². The Morgan fingerprint density at radius 2 is 2.19 bits per heavy atom. The molecule has 116 valence electrons. The number of nitrogens with two attached hydrogens (primary N) is 1. The van der Waals surface area contributed by atoms with Gasteiger partial charge in [0.2, 0.25) is 0 Å². The molecule has 0 aromatic heterocycles. The fourth-order valence-corrected chi connectivity index (χ4v) is 4.10. The van der Waals surface area contributed by atoms with E-state index in [1.165, 1.54) is 25.5 Å². The summed E-state index contributed by atoms with van der Waals surface area (Å²) in [6, 6.07) is 5.84. The zero-order valence-corrected chi connectivity index (χ0v) is 13.2. The first-order valence-corrected chi connectivity index (χ1v) is 8.12. The highest BCUT2D eigenvalue weighted by Gasteiger charge is 2.37. The third-order valence-electron chi connectivity index (χ3n) is 4.88. The molecule has 0 saturated carbocycles. The van der Waals surface area contributed by atoms with E-state index in [4.69, 9.17) is 17.3 Å². The predicted molar refractivity (Wildman–Crippen MR) is 84.0 cm³/mol. The van der Waals surface area contributed by atoms with E-state index >= 15 is 0 Å². The van der Waals surface area contributed by atoms with Crippen LogP contribution in [0.15, 0.2) is 18.2 Å². The minimum absolute atomic E-state index is 0.0379. The van der Waals surface area contributed by atoms with Gasteiger partial charge < -0.3 is 5.73 Å². The van der Waals surface area contributed by atoms with Crippen LogP contribution in [0.2, 0.25) is 5.02 Å². The lowest BCUT2D eigenvalue weighted by Crippen LogP contribution is -2.56. The SMILES string of the molecule is CC1CN2CCCC2CN1C(CN)c1cc(F)cc(Cl)c1. The highest BCUT2D eigenvalue weighted by Crippen LogP contribution is 2.32. The molecule has 3 nitrogen and oxygen atoms in total. The average molecular weight is 312 g/mol. The number of fused-ring (bicyclic) bond motifs is 1. The van der Waals surface area contributed by atoms with Crippen LogP contribution in [0, 0.1) is 5.82 Å². The Balaban J connectivity index is 1.84. The molecule has 1 aromatic carbocycles. The number of nitrogens with zero attached hydrogens (tertiary/aromatic N) is 2. The molecule has 0 aliphatic carbocycles. The second-order valence-electron chi connectivity index (χ2n) is 6.29. The van der Waals surface area contributed by atoms with Crippen LogP contribution in [0.4, 0.5) is 4.39 Å². The summed E-state index contributed by atoms with van der Waals surface area (Å²) in [6.07, 6.45) is 2.54.